The molecule has 0 aliphatic carbocycles. The highest BCUT2D eigenvalue weighted by molar-refractivity contribution is 9.11. The van der Waals surface area contributed by atoms with Crippen molar-refractivity contribution in [1.82, 2.24) is 14.8 Å². The third kappa shape index (κ3) is 1.08. The maximum atomic E-state index is 3.87. The van der Waals surface area contributed by atoms with Gasteiger partial charge in [0.25, 0.3) is 0 Å². The molecule has 0 N–H and O–H groups in total. The molecule has 0 atom stereocenters. The van der Waals surface area contributed by atoms with Crippen LogP contribution in [-0.4, -0.2) is 14.8 Å². The lowest BCUT2D eigenvalue weighted by Crippen LogP contribution is -1.89. The fourth-order valence-corrected chi connectivity index (χ4v) is 1.65. The van der Waals surface area contributed by atoms with Gasteiger partial charge in [0.15, 0.2) is 0 Å². The normalized spacial score (nSPS) is 10.7. The standard InChI is InChI=1S/C6H3Br2N3/c7-4-1-2-6(8)11-5(4)3-9-10-11/h1-3H. The van der Waals surface area contributed by atoms with Crippen molar-refractivity contribution in [2.24, 2.45) is 0 Å². The van der Waals surface area contributed by atoms with Crippen molar-refractivity contribution in [3.05, 3.63) is 27.4 Å². The molecule has 0 saturated carbocycles. The van der Waals surface area contributed by atoms with E-state index < -0.39 is 0 Å². The minimum atomic E-state index is 0.896. The van der Waals surface area contributed by atoms with Crippen molar-refractivity contribution in [3.8, 4) is 0 Å². The molecule has 2 aromatic heterocycles. The largest absolute Gasteiger partial charge is 0.205 e. The van der Waals surface area contributed by atoms with Gasteiger partial charge >= 0.3 is 0 Å². The van der Waals surface area contributed by atoms with E-state index in [1.54, 1.807) is 10.7 Å². The molecule has 2 heterocycles. The van der Waals surface area contributed by atoms with Crippen LogP contribution in [0.3, 0.4) is 0 Å². The summed E-state index contributed by atoms with van der Waals surface area (Å²) in [6.45, 7) is 0. The molecule has 0 aliphatic heterocycles. The molecular formula is C6H3Br2N3. The van der Waals surface area contributed by atoms with Gasteiger partial charge in [0.05, 0.1) is 6.20 Å². The maximum Gasteiger partial charge on any atom is 0.110 e. The molecule has 0 unspecified atom stereocenters. The smallest absolute Gasteiger partial charge is 0.110 e. The van der Waals surface area contributed by atoms with E-state index in [4.69, 9.17) is 0 Å². The molecule has 0 spiro atoms. The van der Waals surface area contributed by atoms with Gasteiger partial charge in [-0.15, -0.1) is 5.10 Å². The lowest BCUT2D eigenvalue weighted by atomic mass is 10.4. The zero-order valence-corrected chi connectivity index (χ0v) is 8.50. The summed E-state index contributed by atoms with van der Waals surface area (Å²) in [5, 5.41) is 7.64. The van der Waals surface area contributed by atoms with Crippen molar-refractivity contribution in [2.75, 3.05) is 0 Å². The highest BCUT2D eigenvalue weighted by atomic mass is 79.9. The summed E-state index contributed by atoms with van der Waals surface area (Å²) in [7, 11) is 0. The van der Waals surface area contributed by atoms with Gasteiger partial charge in [0.2, 0.25) is 0 Å². The van der Waals surface area contributed by atoms with Gasteiger partial charge in [-0.3, -0.25) is 0 Å². The number of nitrogens with zero attached hydrogens (tertiary/aromatic N) is 3. The molecule has 0 saturated heterocycles. The highest BCUT2D eigenvalue weighted by Crippen LogP contribution is 2.20. The second-order valence-electron chi connectivity index (χ2n) is 2.04. The summed E-state index contributed by atoms with van der Waals surface area (Å²) in [6.07, 6.45) is 1.70. The molecule has 0 aliphatic rings. The first-order valence-corrected chi connectivity index (χ1v) is 4.52. The zero-order chi connectivity index (χ0) is 7.84. The first-order chi connectivity index (χ1) is 5.29. The molecule has 2 rings (SSSR count). The van der Waals surface area contributed by atoms with Crippen LogP contribution in [0, 0.1) is 0 Å². The van der Waals surface area contributed by atoms with E-state index in [9.17, 15) is 0 Å². The third-order valence-corrected chi connectivity index (χ3v) is 2.63. The van der Waals surface area contributed by atoms with E-state index in [0.717, 1.165) is 14.6 Å². The van der Waals surface area contributed by atoms with Gasteiger partial charge in [-0.1, -0.05) is 5.21 Å². The molecule has 11 heavy (non-hydrogen) atoms. The lowest BCUT2D eigenvalue weighted by molar-refractivity contribution is 0.838. The van der Waals surface area contributed by atoms with Gasteiger partial charge < -0.3 is 0 Å². The molecule has 5 heteroatoms. The minimum Gasteiger partial charge on any atom is -0.205 e. The van der Waals surface area contributed by atoms with Crippen LogP contribution in [0.4, 0.5) is 0 Å². The second-order valence-corrected chi connectivity index (χ2v) is 3.70. The average molecular weight is 277 g/mol. The molecule has 3 nitrogen and oxygen atoms in total. The van der Waals surface area contributed by atoms with E-state index >= 15 is 0 Å². The molecule has 2 aromatic rings. The first kappa shape index (κ1) is 7.24. The predicted octanol–water partition coefficient (Wildman–Crippen LogP) is 2.25. The Labute approximate surface area is 79.7 Å². The fraction of sp³-hybridized carbons (Fsp3) is 0. The van der Waals surface area contributed by atoms with Gasteiger partial charge in [0, 0.05) is 4.47 Å². The first-order valence-electron chi connectivity index (χ1n) is 2.93. The monoisotopic (exact) mass is 275 g/mol. The van der Waals surface area contributed by atoms with Crippen LogP contribution in [0.25, 0.3) is 5.52 Å². The van der Waals surface area contributed by atoms with Crippen molar-refractivity contribution in [3.63, 3.8) is 0 Å². The number of rotatable bonds is 0. The zero-order valence-electron chi connectivity index (χ0n) is 5.33. The van der Waals surface area contributed by atoms with Crippen LogP contribution >= 0.6 is 31.9 Å². The van der Waals surface area contributed by atoms with Crippen LogP contribution in [0.2, 0.25) is 0 Å². The Balaban J connectivity index is 2.96. The maximum absolute atomic E-state index is 3.87. The number of pyridine rings is 1. The molecular weight excluding hydrogens is 274 g/mol. The lowest BCUT2D eigenvalue weighted by Gasteiger charge is -1.96. The molecule has 56 valence electrons. The Kier molecular flexibility index (Phi) is 1.69. The highest BCUT2D eigenvalue weighted by Gasteiger charge is 2.01. The van der Waals surface area contributed by atoms with Gasteiger partial charge in [-0.2, -0.15) is 0 Å². The molecule has 0 bridgehead atoms. The van der Waals surface area contributed by atoms with E-state index in [2.05, 4.69) is 42.2 Å². The molecule has 0 radical (unpaired) electrons. The molecule has 0 amide bonds. The Morgan fingerprint density at radius 3 is 2.82 bits per heavy atom. The number of aromatic nitrogens is 3. The Hall–Kier alpha value is -0.420. The minimum absolute atomic E-state index is 0.896. The summed E-state index contributed by atoms with van der Waals surface area (Å²) in [4.78, 5) is 0. The third-order valence-electron chi connectivity index (χ3n) is 1.36. The second kappa shape index (κ2) is 2.57. The summed E-state index contributed by atoms with van der Waals surface area (Å²) in [6, 6.07) is 3.86. The Morgan fingerprint density at radius 2 is 2.09 bits per heavy atom. The SMILES string of the molecule is Brc1ccc(Br)n2nncc12. The van der Waals surface area contributed by atoms with Crippen molar-refractivity contribution >= 4 is 37.4 Å². The van der Waals surface area contributed by atoms with Crippen LogP contribution in [-0.2, 0) is 0 Å². The fourth-order valence-electron chi connectivity index (χ4n) is 0.854. The van der Waals surface area contributed by atoms with Gasteiger partial charge in [-0.05, 0) is 44.0 Å². The van der Waals surface area contributed by atoms with Crippen LogP contribution in [0.5, 0.6) is 0 Å². The summed E-state index contributed by atoms with van der Waals surface area (Å²) < 4.78 is 3.60. The van der Waals surface area contributed by atoms with Crippen molar-refractivity contribution < 1.29 is 0 Å². The summed E-state index contributed by atoms with van der Waals surface area (Å²) >= 11 is 6.74. The van der Waals surface area contributed by atoms with Gasteiger partial charge in [0.1, 0.15) is 10.1 Å². The topological polar surface area (TPSA) is 30.2 Å². The van der Waals surface area contributed by atoms with Crippen LogP contribution in [0.15, 0.2) is 27.4 Å². The van der Waals surface area contributed by atoms with Crippen LogP contribution in [0.1, 0.15) is 0 Å². The number of halogens is 2. The van der Waals surface area contributed by atoms with E-state index in [1.165, 1.54) is 0 Å². The number of hydrogen-bond acceptors (Lipinski definition) is 2. The van der Waals surface area contributed by atoms with Crippen LogP contribution < -0.4 is 0 Å². The quantitative estimate of drug-likeness (QED) is 0.691. The molecule has 0 fully saturated rings. The van der Waals surface area contributed by atoms with Gasteiger partial charge in [-0.25, -0.2) is 4.52 Å². The predicted molar refractivity (Wildman–Crippen MR) is 48.4 cm³/mol. The number of fused-ring (bicyclic) bond motifs is 1. The Bertz CT molecular complexity index is 360. The van der Waals surface area contributed by atoms with E-state index in [-0.39, 0.29) is 0 Å². The van der Waals surface area contributed by atoms with Crippen molar-refractivity contribution in [2.45, 2.75) is 0 Å². The van der Waals surface area contributed by atoms with E-state index in [0.29, 0.717) is 0 Å². The summed E-state index contributed by atoms with van der Waals surface area (Å²) in [5.41, 5.74) is 0.958. The average Bonchev–Trinajstić information content (AvgIpc) is 2.45. The number of hydrogen-bond donors (Lipinski definition) is 0. The summed E-state index contributed by atoms with van der Waals surface area (Å²) in [5.74, 6) is 0. The molecule has 0 aromatic carbocycles. The van der Waals surface area contributed by atoms with Crippen molar-refractivity contribution in [1.29, 1.82) is 0 Å². The Morgan fingerprint density at radius 1 is 1.27 bits per heavy atom. The van der Waals surface area contributed by atoms with E-state index in [1.807, 2.05) is 12.1 Å².